The lowest BCUT2D eigenvalue weighted by atomic mass is 10.1. The molecule has 1 N–H and O–H groups in total. The molecule has 20 heavy (non-hydrogen) atoms. The third-order valence-electron chi connectivity index (χ3n) is 3.02. The molecular formula is C15H18N4O. The van der Waals surface area contributed by atoms with Gasteiger partial charge in [-0.05, 0) is 36.8 Å². The van der Waals surface area contributed by atoms with Crippen LogP contribution in [-0.2, 0) is 6.54 Å². The van der Waals surface area contributed by atoms with E-state index in [1.54, 1.807) is 30.5 Å². The third-order valence-corrected chi connectivity index (χ3v) is 3.02. The van der Waals surface area contributed by atoms with Crippen LogP contribution in [0.2, 0.25) is 0 Å². The number of carbonyl (C=O) groups excluding carboxylic acids is 1. The molecule has 0 aliphatic heterocycles. The van der Waals surface area contributed by atoms with E-state index in [4.69, 9.17) is 0 Å². The van der Waals surface area contributed by atoms with Crippen LogP contribution in [0.4, 0.5) is 4.79 Å². The van der Waals surface area contributed by atoms with E-state index in [1.165, 1.54) is 0 Å². The molecule has 0 aliphatic carbocycles. The van der Waals surface area contributed by atoms with Gasteiger partial charge in [-0.2, -0.15) is 0 Å². The maximum absolute atomic E-state index is 12.1. The van der Waals surface area contributed by atoms with E-state index >= 15 is 0 Å². The van der Waals surface area contributed by atoms with E-state index in [1.807, 2.05) is 37.3 Å². The van der Waals surface area contributed by atoms with Crippen LogP contribution in [0.5, 0.6) is 0 Å². The van der Waals surface area contributed by atoms with Crippen LogP contribution in [0, 0.1) is 0 Å². The van der Waals surface area contributed by atoms with E-state index in [-0.39, 0.29) is 12.1 Å². The first-order valence-corrected chi connectivity index (χ1v) is 6.48. The SMILES string of the molecule is CC(NC(=O)N(C)Cc1ccccn1)c1ccncc1. The highest BCUT2D eigenvalue weighted by Gasteiger charge is 2.13. The fourth-order valence-electron chi connectivity index (χ4n) is 1.84. The van der Waals surface area contributed by atoms with Crippen LogP contribution in [0.3, 0.4) is 0 Å². The summed E-state index contributed by atoms with van der Waals surface area (Å²) in [5.41, 5.74) is 1.89. The Hall–Kier alpha value is -2.43. The van der Waals surface area contributed by atoms with Crippen LogP contribution < -0.4 is 5.32 Å². The fourth-order valence-corrected chi connectivity index (χ4v) is 1.84. The molecule has 0 spiro atoms. The van der Waals surface area contributed by atoms with E-state index in [0.29, 0.717) is 6.54 Å². The van der Waals surface area contributed by atoms with E-state index in [2.05, 4.69) is 15.3 Å². The van der Waals surface area contributed by atoms with Gasteiger partial charge in [0, 0.05) is 25.6 Å². The molecule has 1 atom stereocenters. The minimum absolute atomic E-state index is 0.0586. The second-order valence-corrected chi connectivity index (χ2v) is 4.63. The summed E-state index contributed by atoms with van der Waals surface area (Å²) in [6, 6.07) is 9.27. The van der Waals surface area contributed by atoms with Gasteiger partial charge in [0.2, 0.25) is 0 Å². The summed E-state index contributed by atoms with van der Waals surface area (Å²) in [7, 11) is 1.75. The number of carbonyl (C=O) groups is 1. The predicted molar refractivity (Wildman–Crippen MR) is 76.9 cm³/mol. The van der Waals surface area contributed by atoms with Crippen molar-refractivity contribution in [3.63, 3.8) is 0 Å². The summed E-state index contributed by atoms with van der Waals surface area (Å²) >= 11 is 0. The number of aromatic nitrogens is 2. The van der Waals surface area contributed by atoms with Gasteiger partial charge in [-0.3, -0.25) is 9.97 Å². The molecule has 0 saturated heterocycles. The Morgan fingerprint density at radius 3 is 2.65 bits per heavy atom. The van der Waals surface area contributed by atoms with Crippen LogP contribution in [0.25, 0.3) is 0 Å². The first-order valence-electron chi connectivity index (χ1n) is 6.48. The maximum Gasteiger partial charge on any atom is 0.317 e. The Bertz CT molecular complexity index is 544. The summed E-state index contributed by atoms with van der Waals surface area (Å²) < 4.78 is 0. The second kappa shape index (κ2) is 6.65. The molecule has 0 fully saturated rings. The van der Waals surface area contributed by atoms with Crippen molar-refractivity contribution in [2.45, 2.75) is 19.5 Å². The lowest BCUT2D eigenvalue weighted by Crippen LogP contribution is -2.38. The van der Waals surface area contributed by atoms with Crippen molar-refractivity contribution in [3.05, 3.63) is 60.2 Å². The molecule has 0 radical (unpaired) electrons. The van der Waals surface area contributed by atoms with Crippen molar-refractivity contribution < 1.29 is 4.79 Å². The van der Waals surface area contributed by atoms with Crippen molar-refractivity contribution in [3.8, 4) is 0 Å². The second-order valence-electron chi connectivity index (χ2n) is 4.63. The number of hydrogen-bond acceptors (Lipinski definition) is 3. The van der Waals surface area contributed by atoms with E-state index < -0.39 is 0 Å². The molecule has 5 heteroatoms. The largest absolute Gasteiger partial charge is 0.331 e. The lowest BCUT2D eigenvalue weighted by Gasteiger charge is -2.21. The molecule has 2 aromatic rings. The monoisotopic (exact) mass is 270 g/mol. The zero-order valence-corrected chi connectivity index (χ0v) is 11.7. The van der Waals surface area contributed by atoms with Crippen molar-refractivity contribution in [2.24, 2.45) is 0 Å². The molecule has 0 saturated carbocycles. The number of hydrogen-bond donors (Lipinski definition) is 1. The van der Waals surface area contributed by atoms with Gasteiger partial charge in [0.1, 0.15) is 0 Å². The molecule has 0 aliphatic rings. The van der Waals surface area contributed by atoms with E-state index in [0.717, 1.165) is 11.3 Å². The highest BCUT2D eigenvalue weighted by atomic mass is 16.2. The van der Waals surface area contributed by atoms with Gasteiger partial charge in [0.25, 0.3) is 0 Å². The minimum Gasteiger partial charge on any atom is -0.331 e. The minimum atomic E-state index is -0.125. The van der Waals surface area contributed by atoms with Crippen molar-refractivity contribution >= 4 is 6.03 Å². The van der Waals surface area contributed by atoms with Crippen molar-refractivity contribution in [1.82, 2.24) is 20.2 Å². The molecule has 2 aromatic heterocycles. The number of amides is 2. The topological polar surface area (TPSA) is 58.1 Å². The molecule has 2 heterocycles. The maximum atomic E-state index is 12.1. The van der Waals surface area contributed by atoms with Crippen LogP contribution in [0.15, 0.2) is 48.9 Å². The summed E-state index contributed by atoms with van der Waals surface area (Å²) in [4.78, 5) is 21.9. The molecular weight excluding hydrogens is 252 g/mol. The van der Waals surface area contributed by atoms with Gasteiger partial charge < -0.3 is 10.2 Å². The molecule has 2 amide bonds. The Balaban J connectivity index is 1.91. The van der Waals surface area contributed by atoms with Crippen LogP contribution >= 0.6 is 0 Å². The molecule has 0 aromatic carbocycles. The Kier molecular flexibility index (Phi) is 4.65. The summed E-state index contributed by atoms with van der Waals surface area (Å²) in [5, 5.41) is 2.95. The number of nitrogens with one attached hydrogen (secondary N) is 1. The zero-order valence-electron chi connectivity index (χ0n) is 11.7. The molecule has 5 nitrogen and oxygen atoms in total. The average Bonchev–Trinajstić information content (AvgIpc) is 2.49. The van der Waals surface area contributed by atoms with Crippen molar-refractivity contribution in [1.29, 1.82) is 0 Å². The van der Waals surface area contributed by atoms with Gasteiger partial charge in [-0.25, -0.2) is 4.79 Å². The van der Waals surface area contributed by atoms with Crippen molar-refractivity contribution in [2.75, 3.05) is 7.05 Å². The zero-order chi connectivity index (χ0) is 14.4. The smallest absolute Gasteiger partial charge is 0.317 e. The number of nitrogens with zero attached hydrogens (tertiary/aromatic N) is 3. The molecule has 2 rings (SSSR count). The highest BCUT2D eigenvalue weighted by Crippen LogP contribution is 2.10. The summed E-state index contributed by atoms with van der Waals surface area (Å²) in [6.45, 7) is 2.43. The summed E-state index contributed by atoms with van der Waals surface area (Å²) in [6.07, 6.45) is 5.16. The van der Waals surface area contributed by atoms with Gasteiger partial charge in [-0.1, -0.05) is 6.07 Å². The quantitative estimate of drug-likeness (QED) is 0.928. The first-order chi connectivity index (χ1) is 9.66. The van der Waals surface area contributed by atoms with Crippen LogP contribution in [-0.4, -0.2) is 27.9 Å². The third kappa shape index (κ3) is 3.78. The van der Waals surface area contributed by atoms with Gasteiger partial charge in [0.05, 0.1) is 18.3 Å². The Labute approximate surface area is 118 Å². The number of pyridine rings is 2. The molecule has 0 bridgehead atoms. The Morgan fingerprint density at radius 1 is 1.25 bits per heavy atom. The summed E-state index contributed by atoms with van der Waals surface area (Å²) in [5.74, 6) is 0. The standard InChI is InChI=1S/C15H18N4O/c1-12(13-6-9-16-10-7-13)18-15(20)19(2)11-14-5-3-4-8-17-14/h3-10,12H,11H2,1-2H3,(H,18,20). The predicted octanol–water partition coefficient (Wildman–Crippen LogP) is 2.38. The van der Waals surface area contributed by atoms with Crippen LogP contribution in [0.1, 0.15) is 24.2 Å². The normalized spacial score (nSPS) is 11.7. The number of rotatable bonds is 4. The van der Waals surface area contributed by atoms with E-state index in [9.17, 15) is 4.79 Å². The number of urea groups is 1. The highest BCUT2D eigenvalue weighted by molar-refractivity contribution is 5.74. The van der Waals surface area contributed by atoms with Gasteiger partial charge in [0.15, 0.2) is 0 Å². The first kappa shape index (κ1) is 14.0. The average molecular weight is 270 g/mol. The van der Waals surface area contributed by atoms with Gasteiger partial charge in [-0.15, -0.1) is 0 Å². The molecule has 1 unspecified atom stereocenters. The lowest BCUT2D eigenvalue weighted by molar-refractivity contribution is 0.203. The van der Waals surface area contributed by atoms with Gasteiger partial charge >= 0.3 is 6.03 Å². The molecule has 104 valence electrons. The Morgan fingerprint density at radius 2 is 2.00 bits per heavy atom. The fraction of sp³-hybridized carbons (Fsp3) is 0.267.